The fourth-order valence-electron chi connectivity index (χ4n) is 2.94. The Hall–Kier alpha value is -2.01. The maximum Gasteiger partial charge on any atom is 0.162 e. The van der Waals surface area contributed by atoms with Crippen molar-refractivity contribution < 1.29 is 14.6 Å². The van der Waals surface area contributed by atoms with Gasteiger partial charge in [0.15, 0.2) is 5.78 Å². The van der Waals surface area contributed by atoms with Gasteiger partial charge in [-0.25, -0.2) is 0 Å². The highest BCUT2D eigenvalue weighted by Crippen LogP contribution is 2.15. The van der Waals surface area contributed by atoms with Gasteiger partial charge in [0.1, 0.15) is 0 Å². The summed E-state index contributed by atoms with van der Waals surface area (Å²) in [4.78, 5) is 12.4. The van der Waals surface area contributed by atoms with Gasteiger partial charge in [-0.05, 0) is 50.3 Å². The third-order valence-electron chi connectivity index (χ3n) is 4.69. The first-order valence-corrected chi connectivity index (χ1v) is 9.46. The van der Waals surface area contributed by atoms with Crippen molar-refractivity contribution in [1.29, 1.82) is 0 Å². The zero-order valence-electron chi connectivity index (χ0n) is 16.6. The fraction of sp³-hybridized carbons (Fsp3) is 0.435. The molecule has 0 amide bonds. The molecule has 0 saturated heterocycles. The molecular weight excluding hydrogens is 338 g/mol. The number of hydrogen-bond acceptors (Lipinski definition) is 4. The predicted octanol–water partition coefficient (Wildman–Crippen LogP) is 3.74. The maximum absolute atomic E-state index is 12.4. The van der Waals surface area contributed by atoms with Gasteiger partial charge in [-0.1, -0.05) is 48.0 Å². The number of nitrogens with two attached hydrogens (primary N) is 1. The molecule has 0 aliphatic heterocycles. The third kappa shape index (κ3) is 6.90. The number of ketones is 1. The van der Waals surface area contributed by atoms with E-state index in [9.17, 15) is 4.79 Å². The molecule has 2 aromatic rings. The van der Waals surface area contributed by atoms with E-state index < -0.39 is 5.54 Å². The lowest BCUT2D eigenvalue weighted by Crippen LogP contribution is -2.44. The van der Waals surface area contributed by atoms with Crippen LogP contribution in [-0.2, 0) is 17.8 Å². The average Bonchev–Trinajstić information content (AvgIpc) is 2.64. The van der Waals surface area contributed by atoms with Crippen LogP contribution in [0.2, 0.25) is 0 Å². The minimum Gasteiger partial charge on any atom is -0.394 e. The van der Waals surface area contributed by atoms with Crippen LogP contribution in [0.25, 0.3) is 0 Å². The molecule has 0 radical (unpaired) electrons. The number of Topliss-reactive ketones (excluding diaryl/α,β-unsaturated/α-hetero) is 1. The topological polar surface area (TPSA) is 72.5 Å². The highest BCUT2D eigenvalue weighted by atomic mass is 16.5. The van der Waals surface area contributed by atoms with Crippen molar-refractivity contribution in [2.75, 3.05) is 13.2 Å². The van der Waals surface area contributed by atoms with E-state index in [1.165, 1.54) is 16.7 Å². The number of aliphatic hydroxyl groups excluding tert-OH is 1. The Balaban J connectivity index is 1.79. The minimum atomic E-state index is -0.730. The quantitative estimate of drug-likeness (QED) is 0.626. The first kappa shape index (κ1) is 21.3. The second-order valence-corrected chi connectivity index (χ2v) is 7.71. The molecule has 0 saturated carbocycles. The molecule has 0 aliphatic carbocycles. The van der Waals surface area contributed by atoms with E-state index in [-0.39, 0.29) is 19.0 Å². The zero-order chi connectivity index (χ0) is 19.9. The normalized spacial score (nSPS) is 13.4. The predicted molar refractivity (Wildman–Crippen MR) is 109 cm³/mol. The van der Waals surface area contributed by atoms with Gasteiger partial charge < -0.3 is 15.6 Å². The summed E-state index contributed by atoms with van der Waals surface area (Å²) >= 11 is 0. The summed E-state index contributed by atoms with van der Waals surface area (Å²) in [7, 11) is 0. The van der Waals surface area contributed by atoms with E-state index in [1.807, 2.05) is 24.3 Å². The van der Waals surface area contributed by atoms with Crippen molar-refractivity contribution in [2.45, 2.75) is 52.2 Å². The van der Waals surface area contributed by atoms with Gasteiger partial charge in [0, 0.05) is 12.0 Å². The van der Waals surface area contributed by atoms with Gasteiger partial charge in [0.05, 0.1) is 25.4 Å². The standard InChI is InChI=1S/C23H31NO3/c1-17-7-10-20(18(2)13-17)5-4-6-22(26)21-11-8-19(9-12-21)14-27-16-23(3,24)15-25/h7-13,25H,4-6,14-16,24H2,1-3H3. The number of ether oxygens (including phenoxy) is 1. The van der Waals surface area contributed by atoms with Crippen molar-refractivity contribution in [1.82, 2.24) is 0 Å². The van der Waals surface area contributed by atoms with Gasteiger partial charge >= 0.3 is 0 Å². The van der Waals surface area contributed by atoms with Crippen molar-refractivity contribution >= 4 is 5.78 Å². The number of carbonyl (C=O) groups is 1. The first-order valence-electron chi connectivity index (χ1n) is 9.46. The minimum absolute atomic E-state index is 0.122. The van der Waals surface area contributed by atoms with Crippen LogP contribution >= 0.6 is 0 Å². The van der Waals surface area contributed by atoms with E-state index in [4.69, 9.17) is 15.6 Å². The van der Waals surface area contributed by atoms with Gasteiger partial charge in [-0.15, -0.1) is 0 Å². The molecule has 27 heavy (non-hydrogen) atoms. The fourth-order valence-corrected chi connectivity index (χ4v) is 2.94. The molecular formula is C23H31NO3. The third-order valence-corrected chi connectivity index (χ3v) is 4.69. The molecule has 0 bridgehead atoms. The van der Waals surface area contributed by atoms with Crippen LogP contribution in [0.15, 0.2) is 42.5 Å². The monoisotopic (exact) mass is 369 g/mol. The molecule has 1 unspecified atom stereocenters. The van der Waals surface area contributed by atoms with Crippen LogP contribution in [0.1, 0.15) is 52.4 Å². The Morgan fingerprint density at radius 3 is 2.48 bits per heavy atom. The van der Waals surface area contributed by atoms with Crippen LogP contribution in [0.5, 0.6) is 0 Å². The van der Waals surface area contributed by atoms with Crippen molar-refractivity contribution in [3.63, 3.8) is 0 Å². The van der Waals surface area contributed by atoms with E-state index in [0.29, 0.717) is 13.0 Å². The number of carbonyl (C=O) groups excluding carboxylic acids is 1. The molecule has 3 N–H and O–H groups in total. The summed E-state index contributed by atoms with van der Waals surface area (Å²) in [6.07, 6.45) is 2.32. The van der Waals surface area contributed by atoms with E-state index >= 15 is 0 Å². The Bertz CT molecular complexity index is 751. The number of benzene rings is 2. The molecule has 0 aliphatic rings. The summed E-state index contributed by atoms with van der Waals surface area (Å²) in [6.45, 7) is 6.53. The molecule has 4 nitrogen and oxygen atoms in total. The smallest absolute Gasteiger partial charge is 0.162 e. The van der Waals surface area contributed by atoms with E-state index in [1.54, 1.807) is 6.92 Å². The lowest BCUT2D eigenvalue weighted by atomic mass is 9.98. The number of rotatable bonds is 10. The van der Waals surface area contributed by atoms with Crippen LogP contribution in [-0.4, -0.2) is 29.6 Å². The Labute approximate surface area is 162 Å². The molecule has 1 atom stereocenters. The molecule has 4 heteroatoms. The molecule has 0 fully saturated rings. The second kappa shape index (κ2) is 9.79. The molecule has 2 rings (SSSR count). The van der Waals surface area contributed by atoms with Gasteiger partial charge in [-0.3, -0.25) is 4.79 Å². The van der Waals surface area contributed by atoms with Crippen LogP contribution in [0.3, 0.4) is 0 Å². The molecule has 0 heterocycles. The lowest BCUT2D eigenvalue weighted by Gasteiger charge is -2.21. The van der Waals surface area contributed by atoms with Crippen LogP contribution < -0.4 is 5.73 Å². The number of aryl methyl sites for hydroxylation is 3. The summed E-state index contributed by atoms with van der Waals surface area (Å²) < 4.78 is 5.54. The van der Waals surface area contributed by atoms with Gasteiger partial charge in [-0.2, -0.15) is 0 Å². The number of aliphatic hydroxyl groups is 1. The maximum atomic E-state index is 12.4. The van der Waals surface area contributed by atoms with Gasteiger partial charge in [0.2, 0.25) is 0 Å². The summed E-state index contributed by atoms with van der Waals surface area (Å²) in [5.74, 6) is 0.169. The Morgan fingerprint density at radius 1 is 1.15 bits per heavy atom. The molecule has 0 spiro atoms. The zero-order valence-corrected chi connectivity index (χ0v) is 16.6. The molecule has 2 aromatic carbocycles. The summed E-state index contributed by atoms with van der Waals surface area (Å²) in [6, 6.07) is 14.0. The Kier molecular flexibility index (Phi) is 7.72. The molecule has 0 aromatic heterocycles. The van der Waals surface area contributed by atoms with Gasteiger partial charge in [0.25, 0.3) is 0 Å². The SMILES string of the molecule is Cc1ccc(CCCC(=O)c2ccc(COCC(C)(N)CO)cc2)c(C)c1. The number of hydrogen-bond donors (Lipinski definition) is 2. The largest absolute Gasteiger partial charge is 0.394 e. The molecule has 146 valence electrons. The van der Waals surface area contributed by atoms with Crippen LogP contribution in [0, 0.1) is 13.8 Å². The second-order valence-electron chi connectivity index (χ2n) is 7.71. The highest BCUT2D eigenvalue weighted by molar-refractivity contribution is 5.96. The summed E-state index contributed by atoms with van der Waals surface area (Å²) in [5.41, 5.74) is 10.7. The van der Waals surface area contributed by atoms with E-state index in [2.05, 4.69) is 32.0 Å². The van der Waals surface area contributed by atoms with Crippen molar-refractivity contribution in [2.24, 2.45) is 5.73 Å². The first-order chi connectivity index (χ1) is 12.8. The average molecular weight is 370 g/mol. The summed E-state index contributed by atoms with van der Waals surface area (Å²) in [5, 5.41) is 9.12. The van der Waals surface area contributed by atoms with Crippen molar-refractivity contribution in [3.8, 4) is 0 Å². The van der Waals surface area contributed by atoms with Crippen LogP contribution in [0.4, 0.5) is 0 Å². The Morgan fingerprint density at radius 2 is 1.85 bits per heavy atom. The van der Waals surface area contributed by atoms with E-state index in [0.717, 1.165) is 24.0 Å². The lowest BCUT2D eigenvalue weighted by molar-refractivity contribution is 0.0535. The highest BCUT2D eigenvalue weighted by Gasteiger charge is 2.17. The van der Waals surface area contributed by atoms with Crippen molar-refractivity contribution in [3.05, 3.63) is 70.3 Å².